The third-order valence-electron chi connectivity index (χ3n) is 6.31. The number of ether oxygens (including phenoxy) is 2. The van der Waals surface area contributed by atoms with Gasteiger partial charge in [0.05, 0.1) is 0 Å². The Morgan fingerprint density at radius 3 is 2.10 bits per heavy atom. The molecule has 0 aliphatic carbocycles. The van der Waals surface area contributed by atoms with E-state index in [4.69, 9.17) is 9.47 Å². The van der Waals surface area contributed by atoms with E-state index < -0.39 is 0 Å². The molecule has 1 fully saturated rings. The first kappa shape index (κ1) is 21.0. The van der Waals surface area contributed by atoms with Gasteiger partial charge < -0.3 is 14.4 Å². The van der Waals surface area contributed by atoms with Gasteiger partial charge in [-0.05, 0) is 63.1 Å². The molecule has 0 unspecified atom stereocenters. The van der Waals surface area contributed by atoms with Crippen LogP contribution < -0.4 is 14.4 Å². The molecule has 2 aromatic rings. The molecule has 162 valence electrons. The Morgan fingerprint density at radius 1 is 0.800 bits per heavy atom. The second-order valence-corrected chi connectivity index (χ2v) is 8.87. The van der Waals surface area contributed by atoms with Crippen LogP contribution in [-0.2, 0) is 0 Å². The molecular formula is C25H35N3O2. The number of fused-ring (bicyclic) bond motifs is 1. The molecule has 0 radical (unpaired) electrons. The molecule has 5 nitrogen and oxygen atoms in total. The number of nitrogens with zero attached hydrogens (tertiary/aromatic N) is 3. The van der Waals surface area contributed by atoms with Gasteiger partial charge in [-0.2, -0.15) is 0 Å². The highest BCUT2D eigenvalue weighted by molar-refractivity contribution is 5.69. The summed E-state index contributed by atoms with van der Waals surface area (Å²) in [6, 6.07) is 16.3. The Balaban J connectivity index is 1.31. The highest BCUT2D eigenvalue weighted by Crippen LogP contribution is 2.36. The summed E-state index contributed by atoms with van der Waals surface area (Å²) in [5, 5.41) is 0. The summed E-state index contributed by atoms with van der Waals surface area (Å²) in [4.78, 5) is 7.69. The average molecular weight is 410 g/mol. The molecule has 0 atom stereocenters. The van der Waals surface area contributed by atoms with Gasteiger partial charge in [0.25, 0.3) is 0 Å². The number of hydrogen-bond donors (Lipinski definition) is 0. The first-order valence-corrected chi connectivity index (χ1v) is 11.2. The molecule has 0 aromatic heterocycles. The van der Waals surface area contributed by atoms with E-state index in [-0.39, 0.29) is 0 Å². The standard InChI is InChI=1S/C25H35N3O2/c1-19(2)28(20(3)4)16-13-26-11-14-27(15-12-26)23-8-5-21(6-9-23)22-7-10-24-25(17-22)30-18-29-24/h5-10,17,19-20H,11-16,18H2,1-4H3. The van der Waals surface area contributed by atoms with E-state index >= 15 is 0 Å². The number of hydrogen-bond acceptors (Lipinski definition) is 5. The van der Waals surface area contributed by atoms with Crippen LogP contribution in [-0.4, -0.2) is 67.9 Å². The van der Waals surface area contributed by atoms with E-state index in [1.54, 1.807) is 0 Å². The van der Waals surface area contributed by atoms with Crippen LogP contribution in [0.1, 0.15) is 27.7 Å². The topological polar surface area (TPSA) is 28.2 Å². The van der Waals surface area contributed by atoms with E-state index in [0.29, 0.717) is 18.9 Å². The second kappa shape index (κ2) is 9.27. The number of anilines is 1. The minimum absolute atomic E-state index is 0.316. The van der Waals surface area contributed by atoms with E-state index in [1.807, 2.05) is 6.07 Å². The zero-order chi connectivity index (χ0) is 21.1. The van der Waals surface area contributed by atoms with E-state index in [1.165, 1.54) is 11.3 Å². The molecule has 0 amide bonds. The van der Waals surface area contributed by atoms with Gasteiger partial charge in [0, 0.05) is 57.0 Å². The molecule has 5 heteroatoms. The SMILES string of the molecule is CC(C)N(CCN1CCN(c2ccc(-c3ccc4c(c3)OCO4)cc2)CC1)C(C)C. The van der Waals surface area contributed by atoms with Crippen molar-refractivity contribution in [1.82, 2.24) is 9.80 Å². The average Bonchev–Trinajstić information content (AvgIpc) is 3.22. The van der Waals surface area contributed by atoms with Gasteiger partial charge in [-0.15, -0.1) is 0 Å². The molecule has 0 saturated carbocycles. The fourth-order valence-electron chi connectivity index (χ4n) is 4.54. The quantitative estimate of drug-likeness (QED) is 0.679. The minimum atomic E-state index is 0.316. The van der Waals surface area contributed by atoms with E-state index in [2.05, 4.69) is 78.8 Å². The largest absolute Gasteiger partial charge is 0.454 e. The summed E-state index contributed by atoms with van der Waals surface area (Å²) < 4.78 is 10.9. The highest BCUT2D eigenvalue weighted by atomic mass is 16.7. The number of benzene rings is 2. The lowest BCUT2D eigenvalue weighted by atomic mass is 10.0. The van der Waals surface area contributed by atoms with Crippen LogP contribution in [0.2, 0.25) is 0 Å². The van der Waals surface area contributed by atoms with Crippen molar-refractivity contribution in [2.75, 3.05) is 51.0 Å². The normalized spacial score (nSPS) is 16.8. The summed E-state index contributed by atoms with van der Waals surface area (Å²) in [6.07, 6.45) is 0. The molecule has 2 aliphatic rings. The fraction of sp³-hybridized carbons (Fsp3) is 0.520. The molecule has 0 bridgehead atoms. The Bertz CT molecular complexity index is 819. The Morgan fingerprint density at radius 2 is 1.43 bits per heavy atom. The van der Waals surface area contributed by atoms with Crippen molar-refractivity contribution < 1.29 is 9.47 Å². The molecule has 30 heavy (non-hydrogen) atoms. The predicted octanol–water partition coefficient (Wildman–Crippen LogP) is 4.32. The first-order chi connectivity index (χ1) is 14.5. The van der Waals surface area contributed by atoms with Crippen LogP contribution in [0.4, 0.5) is 5.69 Å². The first-order valence-electron chi connectivity index (χ1n) is 11.2. The predicted molar refractivity (Wildman–Crippen MR) is 124 cm³/mol. The van der Waals surface area contributed by atoms with Crippen molar-refractivity contribution >= 4 is 5.69 Å². The third-order valence-corrected chi connectivity index (χ3v) is 6.31. The summed E-state index contributed by atoms with van der Waals surface area (Å²) in [5.41, 5.74) is 3.68. The van der Waals surface area contributed by atoms with Crippen molar-refractivity contribution in [2.24, 2.45) is 0 Å². The van der Waals surface area contributed by atoms with Crippen LogP contribution in [0.5, 0.6) is 11.5 Å². The van der Waals surface area contributed by atoms with Crippen LogP contribution in [0.25, 0.3) is 11.1 Å². The maximum atomic E-state index is 5.51. The van der Waals surface area contributed by atoms with Crippen molar-refractivity contribution in [3.8, 4) is 22.6 Å². The molecule has 2 aromatic carbocycles. The monoisotopic (exact) mass is 409 g/mol. The molecule has 2 aliphatic heterocycles. The van der Waals surface area contributed by atoms with Crippen LogP contribution in [0, 0.1) is 0 Å². The molecule has 0 spiro atoms. The molecule has 4 rings (SSSR count). The molecule has 0 N–H and O–H groups in total. The number of piperazine rings is 1. The van der Waals surface area contributed by atoms with Gasteiger partial charge in [-0.1, -0.05) is 18.2 Å². The summed E-state index contributed by atoms with van der Waals surface area (Å²) in [7, 11) is 0. The van der Waals surface area contributed by atoms with Crippen LogP contribution in [0.15, 0.2) is 42.5 Å². The Kier molecular flexibility index (Phi) is 6.49. The maximum absolute atomic E-state index is 5.51. The fourth-order valence-corrected chi connectivity index (χ4v) is 4.54. The van der Waals surface area contributed by atoms with Gasteiger partial charge >= 0.3 is 0 Å². The highest BCUT2D eigenvalue weighted by Gasteiger charge is 2.20. The summed E-state index contributed by atoms with van der Waals surface area (Å²) >= 11 is 0. The van der Waals surface area contributed by atoms with Crippen molar-refractivity contribution in [2.45, 2.75) is 39.8 Å². The van der Waals surface area contributed by atoms with Crippen molar-refractivity contribution in [3.05, 3.63) is 42.5 Å². The molecular weight excluding hydrogens is 374 g/mol. The number of rotatable bonds is 7. The second-order valence-electron chi connectivity index (χ2n) is 8.87. The van der Waals surface area contributed by atoms with Gasteiger partial charge in [0.15, 0.2) is 11.5 Å². The van der Waals surface area contributed by atoms with Crippen LogP contribution >= 0.6 is 0 Å². The van der Waals surface area contributed by atoms with E-state index in [0.717, 1.165) is 56.3 Å². The van der Waals surface area contributed by atoms with Gasteiger partial charge in [0.2, 0.25) is 6.79 Å². The van der Waals surface area contributed by atoms with Gasteiger partial charge in [0.1, 0.15) is 0 Å². The minimum Gasteiger partial charge on any atom is -0.454 e. The molecule has 1 saturated heterocycles. The van der Waals surface area contributed by atoms with Crippen molar-refractivity contribution in [1.29, 1.82) is 0 Å². The van der Waals surface area contributed by atoms with E-state index in [9.17, 15) is 0 Å². The smallest absolute Gasteiger partial charge is 0.231 e. The van der Waals surface area contributed by atoms with Gasteiger partial charge in [-0.25, -0.2) is 0 Å². The summed E-state index contributed by atoms with van der Waals surface area (Å²) in [6.45, 7) is 16.3. The summed E-state index contributed by atoms with van der Waals surface area (Å²) in [5.74, 6) is 1.67. The lowest BCUT2D eigenvalue weighted by Gasteiger charge is -2.38. The van der Waals surface area contributed by atoms with Gasteiger partial charge in [-0.3, -0.25) is 9.80 Å². The molecule has 2 heterocycles. The lowest BCUT2D eigenvalue weighted by Crippen LogP contribution is -2.50. The maximum Gasteiger partial charge on any atom is 0.231 e. The zero-order valence-corrected chi connectivity index (χ0v) is 18.8. The van der Waals surface area contributed by atoms with Crippen molar-refractivity contribution in [3.63, 3.8) is 0 Å². The Hall–Kier alpha value is -2.24. The Labute approximate surface area is 181 Å². The zero-order valence-electron chi connectivity index (χ0n) is 18.8. The third kappa shape index (κ3) is 4.73. The lowest BCUT2D eigenvalue weighted by molar-refractivity contribution is 0.140. The van der Waals surface area contributed by atoms with Crippen LogP contribution in [0.3, 0.4) is 0 Å².